The molecule has 10 nitrogen and oxygen atoms in total. The van der Waals surface area contributed by atoms with E-state index in [1.807, 2.05) is 0 Å². The highest BCUT2D eigenvalue weighted by Crippen LogP contribution is 2.30. The Balaban J connectivity index is 1.54. The van der Waals surface area contributed by atoms with Crippen LogP contribution >= 0.6 is 0 Å². The van der Waals surface area contributed by atoms with Crippen molar-refractivity contribution in [3.63, 3.8) is 0 Å². The van der Waals surface area contributed by atoms with Gasteiger partial charge < -0.3 is 20.1 Å². The normalized spacial score (nSPS) is 19.3. The van der Waals surface area contributed by atoms with Gasteiger partial charge in [-0.3, -0.25) is 9.59 Å². The van der Waals surface area contributed by atoms with Crippen LogP contribution in [0.4, 0.5) is 0 Å². The number of morpholine rings is 1. The quantitative estimate of drug-likeness (QED) is 0.435. The third-order valence-electron chi connectivity index (χ3n) is 5.98. The summed E-state index contributed by atoms with van der Waals surface area (Å²) in [4.78, 5) is 39.9. The second-order valence-electron chi connectivity index (χ2n) is 8.46. The highest BCUT2D eigenvalue weighted by molar-refractivity contribution is 5.96. The first-order valence-corrected chi connectivity index (χ1v) is 10.8. The maximum Gasteiger partial charge on any atom is 0.378 e. The summed E-state index contributed by atoms with van der Waals surface area (Å²) in [5, 5.41) is 16.6. The predicted molar refractivity (Wildman–Crippen MR) is 110 cm³/mol. The van der Waals surface area contributed by atoms with Crippen LogP contribution in [0, 0.1) is 5.92 Å². The van der Waals surface area contributed by atoms with Crippen molar-refractivity contribution < 1.29 is 24.0 Å². The molecule has 5 rings (SSSR count). The van der Waals surface area contributed by atoms with Crippen LogP contribution in [0.25, 0.3) is 11.7 Å². The highest BCUT2D eigenvalue weighted by atomic mass is 16.5. The van der Waals surface area contributed by atoms with Crippen LogP contribution in [0.3, 0.4) is 0 Å². The Bertz CT molecular complexity index is 1120. The molecule has 0 spiro atoms. The lowest BCUT2D eigenvalue weighted by molar-refractivity contribution is -0.684. The fourth-order valence-electron chi connectivity index (χ4n) is 3.85. The fourth-order valence-corrected chi connectivity index (χ4v) is 3.85. The summed E-state index contributed by atoms with van der Waals surface area (Å²) in [5.74, 6) is -0.636. The van der Waals surface area contributed by atoms with Gasteiger partial charge >= 0.3 is 17.1 Å². The smallest absolute Gasteiger partial charge is 0.378 e. The molecule has 0 bridgehead atoms. The van der Waals surface area contributed by atoms with Crippen molar-refractivity contribution >= 4 is 23.5 Å². The van der Waals surface area contributed by atoms with E-state index >= 15 is 0 Å². The van der Waals surface area contributed by atoms with Gasteiger partial charge in [0, 0.05) is 25.2 Å². The first-order chi connectivity index (χ1) is 15.0. The zero-order chi connectivity index (χ0) is 21.5. The average molecular weight is 428 g/mol. The lowest BCUT2D eigenvalue weighted by Crippen LogP contribution is -2.45. The molecule has 2 aliphatic carbocycles. The molecular formula is C21H26N5O5+. The SMILES string of the molecule is O=C(NC1CC1)c1c(O)[n+](CC2CC2)c2c(/C=C/C(=O)N3CCOCC3)c[nH]n2c1=O. The minimum absolute atomic E-state index is 0.0669. The molecule has 3 N–H and O–H groups in total. The average Bonchev–Trinajstić information content (AvgIpc) is 3.70. The number of aromatic amines is 1. The van der Waals surface area contributed by atoms with Crippen LogP contribution in [-0.2, 0) is 16.1 Å². The van der Waals surface area contributed by atoms with E-state index in [-0.39, 0.29) is 23.4 Å². The standard InChI is InChI=1S/C21H25N5O5/c27-16(24-7-9-31-10-8-24)6-3-14-11-22-26-19(14)25(12-13-1-2-13)20(29)17(21(26)30)18(28)23-15-4-5-15/h3,6,11,13,15H,1-2,4-5,7-10,12H2,(H2,23,28,29,30)/p+1/b6-3+. The zero-order valence-corrected chi connectivity index (χ0v) is 17.2. The van der Waals surface area contributed by atoms with Gasteiger partial charge in [0.2, 0.25) is 11.5 Å². The molecule has 2 aromatic heterocycles. The topological polar surface area (TPSA) is 120 Å². The maximum atomic E-state index is 13.0. The molecule has 0 aromatic carbocycles. The number of nitrogens with zero attached hydrogens (tertiary/aromatic N) is 3. The number of rotatable bonds is 6. The molecular weight excluding hydrogens is 402 g/mol. The van der Waals surface area contributed by atoms with Gasteiger partial charge in [-0.05, 0) is 37.7 Å². The van der Waals surface area contributed by atoms with Gasteiger partial charge in [0.05, 0.1) is 31.5 Å². The predicted octanol–water partition coefficient (Wildman–Crippen LogP) is -0.205. The van der Waals surface area contributed by atoms with E-state index in [1.54, 1.807) is 21.7 Å². The minimum Gasteiger partial charge on any atom is -0.477 e. The first kappa shape index (κ1) is 19.8. The minimum atomic E-state index is -0.614. The Kier molecular flexibility index (Phi) is 5.01. The number of hydrogen-bond donors (Lipinski definition) is 3. The van der Waals surface area contributed by atoms with Crippen LogP contribution in [0.2, 0.25) is 0 Å². The van der Waals surface area contributed by atoms with Crippen molar-refractivity contribution in [3.05, 3.63) is 33.8 Å². The number of hydrogen-bond acceptors (Lipinski definition) is 5. The molecule has 0 atom stereocenters. The van der Waals surface area contributed by atoms with Gasteiger partial charge in [-0.1, -0.05) is 4.52 Å². The van der Waals surface area contributed by atoms with Gasteiger partial charge in [0.15, 0.2) is 0 Å². The largest absolute Gasteiger partial charge is 0.477 e. The highest BCUT2D eigenvalue weighted by Gasteiger charge is 2.36. The van der Waals surface area contributed by atoms with Crippen molar-refractivity contribution in [2.75, 3.05) is 26.3 Å². The van der Waals surface area contributed by atoms with E-state index < -0.39 is 11.5 Å². The Morgan fingerprint density at radius 2 is 2.00 bits per heavy atom. The van der Waals surface area contributed by atoms with Crippen molar-refractivity contribution in [2.45, 2.75) is 38.3 Å². The van der Waals surface area contributed by atoms with Crippen LogP contribution in [0.1, 0.15) is 41.6 Å². The summed E-state index contributed by atoms with van der Waals surface area (Å²) in [6.07, 6.45) is 8.53. The number of aromatic nitrogens is 3. The van der Waals surface area contributed by atoms with Gasteiger partial charge in [0.25, 0.3) is 5.91 Å². The van der Waals surface area contributed by atoms with Gasteiger partial charge in [-0.25, -0.2) is 9.89 Å². The zero-order valence-electron chi connectivity index (χ0n) is 17.2. The van der Waals surface area contributed by atoms with Crippen molar-refractivity contribution in [1.29, 1.82) is 0 Å². The molecule has 3 aliphatic rings. The summed E-state index contributed by atoms with van der Waals surface area (Å²) in [6, 6.07) is 0.0669. The van der Waals surface area contributed by atoms with Crippen molar-refractivity contribution in [3.8, 4) is 5.88 Å². The van der Waals surface area contributed by atoms with Gasteiger partial charge in [-0.15, -0.1) is 0 Å². The lowest BCUT2D eigenvalue weighted by atomic mass is 10.2. The summed E-state index contributed by atoms with van der Waals surface area (Å²) in [6.45, 7) is 2.61. The van der Waals surface area contributed by atoms with E-state index in [0.717, 1.165) is 25.7 Å². The summed E-state index contributed by atoms with van der Waals surface area (Å²) in [5.41, 5.74) is 0.149. The monoisotopic (exact) mass is 428 g/mol. The molecule has 1 saturated heterocycles. The van der Waals surface area contributed by atoms with Gasteiger partial charge in [-0.2, -0.15) is 4.57 Å². The molecule has 10 heteroatoms. The Morgan fingerprint density at radius 1 is 1.26 bits per heavy atom. The molecule has 2 aromatic rings. The molecule has 0 radical (unpaired) electrons. The van der Waals surface area contributed by atoms with E-state index in [2.05, 4.69) is 10.4 Å². The van der Waals surface area contributed by atoms with Crippen LogP contribution < -0.4 is 15.4 Å². The molecule has 2 amide bonds. The molecule has 31 heavy (non-hydrogen) atoms. The molecule has 2 saturated carbocycles. The molecule has 3 heterocycles. The number of aromatic hydroxyl groups is 1. The molecule has 3 fully saturated rings. The molecule has 164 valence electrons. The Hall–Kier alpha value is -3.14. The van der Waals surface area contributed by atoms with Crippen LogP contribution in [0.5, 0.6) is 5.88 Å². The number of fused-ring (bicyclic) bond motifs is 1. The van der Waals surface area contributed by atoms with Crippen LogP contribution in [-0.4, -0.2) is 63.8 Å². The third kappa shape index (κ3) is 3.95. The summed E-state index contributed by atoms with van der Waals surface area (Å²) in [7, 11) is 0. The lowest BCUT2D eigenvalue weighted by Gasteiger charge is -2.25. The van der Waals surface area contributed by atoms with E-state index in [4.69, 9.17) is 4.74 Å². The number of carbonyl (C=O) groups excluding carboxylic acids is 2. The van der Waals surface area contributed by atoms with E-state index in [1.165, 1.54) is 10.6 Å². The first-order valence-electron chi connectivity index (χ1n) is 10.8. The number of carbonyl (C=O) groups is 2. The van der Waals surface area contributed by atoms with E-state index in [9.17, 15) is 19.5 Å². The summed E-state index contributed by atoms with van der Waals surface area (Å²) < 4.78 is 8.15. The number of nitrogens with one attached hydrogen (secondary N) is 2. The van der Waals surface area contributed by atoms with Crippen LogP contribution in [0.15, 0.2) is 17.1 Å². The third-order valence-corrected chi connectivity index (χ3v) is 5.98. The van der Waals surface area contributed by atoms with E-state index in [0.29, 0.717) is 50.0 Å². The Labute approximate surface area is 178 Å². The summed E-state index contributed by atoms with van der Waals surface area (Å²) >= 11 is 0. The number of H-pyrrole nitrogens is 1. The van der Waals surface area contributed by atoms with Gasteiger partial charge in [0.1, 0.15) is 0 Å². The Morgan fingerprint density at radius 3 is 2.68 bits per heavy atom. The molecule has 1 aliphatic heterocycles. The number of amides is 2. The fraction of sp³-hybridized carbons (Fsp3) is 0.524. The molecule has 0 unspecified atom stereocenters. The second kappa shape index (κ2) is 7.84. The van der Waals surface area contributed by atoms with Crippen molar-refractivity contribution in [1.82, 2.24) is 19.8 Å². The van der Waals surface area contributed by atoms with Crippen molar-refractivity contribution in [2.24, 2.45) is 5.92 Å². The second-order valence-corrected chi connectivity index (χ2v) is 8.46. The number of ether oxygens (including phenoxy) is 1. The maximum absolute atomic E-state index is 13.0.